The third-order valence-electron chi connectivity index (χ3n) is 3.67. The molecule has 4 heteroatoms. The molecule has 0 aliphatic heterocycles. The standard InChI is InChI=1S/C13H17ClFNO/c1-16(8-13(9-17)5-2-6-13)10-3-4-12(15)11(14)7-10/h3-4,7,17H,2,5-6,8-9H2,1H3. The van der Waals surface area contributed by atoms with Crippen molar-refractivity contribution in [1.82, 2.24) is 0 Å². The Hall–Kier alpha value is -0.800. The van der Waals surface area contributed by atoms with Crippen molar-refractivity contribution in [3.63, 3.8) is 0 Å². The molecule has 0 saturated heterocycles. The van der Waals surface area contributed by atoms with Crippen molar-refractivity contribution in [2.45, 2.75) is 19.3 Å². The minimum Gasteiger partial charge on any atom is -0.396 e. The normalized spacial score (nSPS) is 17.6. The predicted molar refractivity (Wildman–Crippen MR) is 68.0 cm³/mol. The topological polar surface area (TPSA) is 23.5 Å². The van der Waals surface area contributed by atoms with Crippen molar-refractivity contribution in [3.8, 4) is 0 Å². The van der Waals surface area contributed by atoms with Gasteiger partial charge in [-0.05, 0) is 31.0 Å². The second kappa shape index (κ2) is 4.83. The molecule has 2 nitrogen and oxygen atoms in total. The minimum absolute atomic E-state index is 0.0234. The second-order valence-corrected chi connectivity index (χ2v) is 5.37. The summed E-state index contributed by atoms with van der Waals surface area (Å²) in [5, 5.41) is 9.56. The van der Waals surface area contributed by atoms with Crippen LogP contribution in [0.25, 0.3) is 0 Å². The lowest BCUT2D eigenvalue weighted by atomic mass is 9.69. The van der Waals surface area contributed by atoms with Gasteiger partial charge in [-0.2, -0.15) is 0 Å². The molecular formula is C13H17ClFNO. The van der Waals surface area contributed by atoms with Crippen molar-refractivity contribution in [3.05, 3.63) is 29.0 Å². The van der Waals surface area contributed by atoms with Gasteiger partial charge in [0.05, 0.1) is 11.6 Å². The molecule has 0 radical (unpaired) electrons. The Kier molecular flexibility index (Phi) is 3.59. The summed E-state index contributed by atoms with van der Waals surface area (Å²) in [5.74, 6) is -0.399. The number of aliphatic hydroxyl groups excluding tert-OH is 1. The van der Waals surface area contributed by atoms with Gasteiger partial charge in [-0.3, -0.25) is 0 Å². The number of hydrogen-bond acceptors (Lipinski definition) is 2. The van der Waals surface area contributed by atoms with E-state index in [0.29, 0.717) is 0 Å². The molecule has 0 bridgehead atoms. The van der Waals surface area contributed by atoms with Gasteiger partial charge in [0.1, 0.15) is 5.82 Å². The van der Waals surface area contributed by atoms with Crippen molar-refractivity contribution >= 4 is 17.3 Å². The van der Waals surface area contributed by atoms with E-state index in [9.17, 15) is 9.50 Å². The van der Waals surface area contributed by atoms with Crippen LogP contribution in [0.1, 0.15) is 19.3 Å². The summed E-state index contributed by atoms with van der Waals surface area (Å²) in [7, 11) is 1.94. The lowest BCUT2D eigenvalue weighted by molar-refractivity contribution is 0.0524. The molecule has 1 saturated carbocycles. The zero-order chi connectivity index (χ0) is 12.5. The Balaban J connectivity index is 2.08. The number of hydrogen-bond donors (Lipinski definition) is 1. The van der Waals surface area contributed by atoms with Gasteiger partial charge >= 0.3 is 0 Å². The lowest BCUT2D eigenvalue weighted by Crippen LogP contribution is -2.43. The van der Waals surface area contributed by atoms with Crippen LogP contribution in [0, 0.1) is 11.2 Å². The van der Waals surface area contributed by atoms with E-state index in [1.165, 1.54) is 12.5 Å². The summed E-state index contributed by atoms with van der Waals surface area (Å²) in [6.07, 6.45) is 3.30. The van der Waals surface area contributed by atoms with E-state index < -0.39 is 5.82 Å². The fourth-order valence-corrected chi connectivity index (χ4v) is 2.53. The molecule has 1 aromatic rings. The van der Waals surface area contributed by atoms with Gasteiger partial charge < -0.3 is 10.0 Å². The first kappa shape index (κ1) is 12.7. The monoisotopic (exact) mass is 257 g/mol. The minimum atomic E-state index is -0.399. The molecule has 0 spiro atoms. The van der Waals surface area contributed by atoms with E-state index in [1.807, 2.05) is 11.9 Å². The van der Waals surface area contributed by atoms with Crippen LogP contribution in [-0.2, 0) is 0 Å². The lowest BCUT2D eigenvalue weighted by Gasteiger charge is -2.43. The van der Waals surface area contributed by atoms with Gasteiger partial charge in [-0.25, -0.2) is 4.39 Å². The van der Waals surface area contributed by atoms with Crippen LogP contribution in [0.5, 0.6) is 0 Å². The van der Waals surface area contributed by atoms with Crippen molar-refractivity contribution in [2.75, 3.05) is 25.1 Å². The van der Waals surface area contributed by atoms with Gasteiger partial charge in [-0.1, -0.05) is 18.0 Å². The van der Waals surface area contributed by atoms with Crippen LogP contribution < -0.4 is 4.90 Å². The fraction of sp³-hybridized carbons (Fsp3) is 0.538. The average molecular weight is 258 g/mol. The highest BCUT2D eigenvalue weighted by molar-refractivity contribution is 6.31. The van der Waals surface area contributed by atoms with Crippen LogP contribution in [-0.4, -0.2) is 25.3 Å². The van der Waals surface area contributed by atoms with E-state index >= 15 is 0 Å². The Bertz CT molecular complexity index is 401. The first-order valence-corrected chi connectivity index (χ1v) is 6.21. The molecule has 0 aromatic heterocycles. The number of nitrogens with zero attached hydrogens (tertiary/aromatic N) is 1. The second-order valence-electron chi connectivity index (χ2n) is 4.97. The van der Waals surface area contributed by atoms with Crippen LogP contribution in [0.3, 0.4) is 0 Å². The van der Waals surface area contributed by atoms with E-state index in [4.69, 9.17) is 11.6 Å². The van der Waals surface area contributed by atoms with Crippen LogP contribution in [0.15, 0.2) is 18.2 Å². The molecule has 1 N–H and O–H groups in total. The van der Waals surface area contributed by atoms with Gasteiger partial charge in [0, 0.05) is 24.7 Å². The molecule has 0 heterocycles. The highest BCUT2D eigenvalue weighted by Gasteiger charge is 2.37. The number of benzene rings is 1. The Labute approximate surface area is 106 Å². The summed E-state index contributed by atoms with van der Waals surface area (Å²) >= 11 is 5.76. The summed E-state index contributed by atoms with van der Waals surface area (Å²) in [6.45, 7) is 0.998. The van der Waals surface area contributed by atoms with Crippen molar-refractivity contribution in [1.29, 1.82) is 0 Å². The maximum atomic E-state index is 13.1. The molecule has 1 aliphatic rings. The highest BCUT2D eigenvalue weighted by Crippen LogP contribution is 2.41. The van der Waals surface area contributed by atoms with Gasteiger partial charge in [-0.15, -0.1) is 0 Å². The molecule has 17 heavy (non-hydrogen) atoms. The van der Waals surface area contributed by atoms with Gasteiger partial charge in [0.25, 0.3) is 0 Å². The highest BCUT2D eigenvalue weighted by atomic mass is 35.5. The number of anilines is 1. The molecule has 0 amide bonds. The third kappa shape index (κ3) is 2.55. The third-order valence-corrected chi connectivity index (χ3v) is 3.96. The van der Waals surface area contributed by atoms with E-state index in [2.05, 4.69) is 0 Å². The Morgan fingerprint density at radius 2 is 2.18 bits per heavy atom. The Morgan fingerprint density at radius 1 is 1.47 bits per heavy atom. The number of aliphatic hydroxyl groups is 1. The molecule has 0 atom stereocenters. The van der Waals surface area contributed by atoms with Crippen LogP contribution in [0.2, 0.25) is 5.02 Å². The number of halogens is 2. The quantitative estimate of drug-likeness (QED) is 0.896. The summed E-state index contributed by atoms with van der Waals surface area (Å²) in [5.41, 5.74) is 0.909. The fourth-order valence-electron chi connectivity index (χ4n) is 2.36. The molecule has 94 valence electrons. The van der Waals surface area contributed by atoms with Crippen LogP contribution >= 0.6 is 11.6 Å². The maximum absolute atomic E-state index is 13.1. The molecule has 1 fully saturated rings. The van der Waals surface area contributed by atoms with Gasteiger partial charge in [0.2, 0.25) is 0 Å². The molecule has 1 aromatic carbocycles. The maximum Gasteiger partial charge on any atom is 0.141 e. The average Bonchev–Trinajstić information content (AvgIpc) is 2.27. The molecule has 2 rings (SSSR count). The summed E-state index contributed by atoms with van der Waals surface area (Å²) in [6, 6.07) is 4.71. The molecule has 0 unspecified atom stereocenters. The van der Waals surface area contributed by atoms with E-state index in [1.54, 1.807) is 12.1 Å². The zero-order valence-corrected chi connectivity index (χ0v) is 10.7. The van der Waals surface area contributed by atoms with E-state index in [0.717, 1.165) is 25.1 Å². The smallest absolute Gasteiger partial charge is 0.141 e. The van der Waals surface area contributed by atoms with Crippen LogP contribution in [0.4, 0.5) is 10.1 Å². The van der Waals surface area contributed by atoms with E-state index in [-0.39, 0.29) is 17.0 Å². The largest absolute Gasteiger partial charge is 0.396 e. The Morgan fingerprint density at radius 3 is 2.65 bits per heavy atom. The SMILES string of the molecule is CN(CC1(CO)CCC1)c1ccc(F)c(Cl)c1. The number of rotatable bonds is 4. The molecule has 1 aliphatic carbocycles. The molecular weight excluding hydrogens is 241 g/mol. The summed E-state index contributed by atoms with van der Waals surface area (Å²) < 4.78 is 13.1. The van der Waals surface area contributed by atoms with Gasteiger partial charge in [0.15, 0.2) is 0 Å². The first-order chi connectivity index (χ1) is 8.06. The zero-order valence-electron chi connectivity index (χ0n) is 9.92. The first-order valence-electron chi connectivity index (χ1n) is 5.83. The van der Waals surface area contributed by atoms with Crippen molar-refractivity contribution < 1.29 is 9.50 Å². The summed E-state index contributed by atoms with van der Waals surface area (Å²) in [4.78, 5) is 2.03. The predicted octanol–water partition coefficient (Wildman–Crippen LogP) is 3.08. The van der Waals surface area contributed by atoms with Crippen molar-refractivity contribution in [2.24, 2.45) is 5.41 Å².